The van der Waals surface area contributed by atoms with Crippen LogP contribution in [0.5, 0.6) is 0 Å². The van der Waals surface area contributed by atoms with Gasteiger partial charge in [0.05, 0.1) is 5.92 Å². The first-order chi connectivity index (χ1) is 6.63. The zero-order chi connectivity index (χ0) is 10.6. The number of amides is 2. The Balaban J connectivity index is 2.22. The molecule has 0 aliphatic carbocycles. The lowest BCUT2D eigenvalue weighted by Crippen LogP contribution is -2.34. The maximum absolute atomic E-state index is 10.8. The summed E-state index contributed by atoms with van der Waals surface area (Å²) in [6.45, 7) is 2.12. The number of hydrogen-bond donors (Lipinski definition) is 3. The van der Waals surface area contributed by atoms with Gasteiger partial charge in [0.25, 0.3) is 0 Å². The summed E-state index contributed by atoms with van der Waals surface area (Å²) in [4.78, 5) is 23.7. The molecule has 1 heterocycles. The van der Waals surface area contributed by atoms with Gasteiger partial charge in [-0.05, 0) is 13.0 Å². The molecular formula is C8H16N4O2. The second kappa shape index (κ2) is 4.92. The van der Waals surface area contributed by atoms with E-state index in [0.717, 1.165) is 13.0 Å². The molecule has 1 saturated heterocycles. The lowest BCUT2D eigenvalue weighted by molar-refractivity contribution is -0.121. The van der Waals surface area contributed by atoms with Gasteiger partial charge in [0, 0.05) is 19.5 Å². The number of hydrogen-bond acceptors (Lipinski definition) is 4. The van der Waals surface area contributed by atoms with E-state index in [0.29, 0.717) is 19.5 Å². The first-order valence-corrected chi connectivity index (χ1v) is 4.64. The van der Waals surface area contributed by atoms with Crippen LogP contribution in [-0.2, 0) is 9.59 Å². The van der Waals surface area contributed by atoms with Crippen molar-refractivity contribution in [1.82, 2.24) is 10.3 Å². The van der Waals surface area contributed by atoms with E-state index in [4.69, 9.17) is 11.6 Å². The summed E-state index contributed by atoms with van der Waals surface area (Å²) in [7, 11) is 0. The molecule has 0 aromatic rings. The molecule has 80 valence electrons. The molecule has 0 saturated carbocycles. The molecule has 0 bridgehead atoms. The van der Waals surface area contributed by atoms with Gasteiger partial charge in [-0.3, -0.25) is 15.0 Å². The van der Waals surface area contributed by atoms with Gasteiger partial charge in [-0.1, -0.05) is 0 Å². The number of rotatable bonds is 4. The van der Waals surface area contributed by atoms with E-state index >= 15 is 0 Å². The zero-order valence-corrected chi connectivity index (χ0v) is 8.03. The lowest BCUT2D eigenvalue weighted by atomic mass is 10.1. The molecule has 1 aliphatic rings. The van der Waals surface area contributed by atoms with Gasteiger partial charge < -0.3 is 10.6 Å². The minimum atomic E-state index is -0.254. The summed E-state index contributed by atoms with van der Waals surface area (Å²) in [6, 6.07) is 0. The first kappa shape index (κ1) is 10.9. The number of nitrogens with zero attached hydrogens (tertiary/aromatic N) is 1. The van der Waals surface area contributed by atoms with Crippen LogP contribution in [-0.4, -0.2) is 36.3 Å². The van der Waals surface area contributed by atoms with Crippen molar-refractivity contribution in [2.45, 2.75) is 12.8 Å². The van der Waals surface area contributed by atoms with Gasteiger partial charge in [0.1, 0.15) is 0 Å². The van der Waals surface area contributed by atoms with Crippen molar-refractivity contribution in [3.63, 3.8) is 0 Å². The van der Waals surface area contributed by atoms with Crippen LogP contribution in [0.2, 0.25) is 0 Å². The topological polar surface area (TPSA) is 101 Å². The largest absolute Gasteiger partial charge is 0.369 e. The van der Waals surface area contributed by atoms with Gasteiger partial charge in [0.15, 0.2) is 0 Å². The second-order valence-electron chi connectivity index (χ2n) is 3.51. The lowest BCUT2D eigenvalue weighted by Gasteiger charge is -2.13. The fraction of sp³-hybridized carbons (Fsp3) is 0.750. The minimum absolute atomic E-state index is 0.0593. The molecule has 6 nitrogen and oxygen atoms in total. The first-order valence-electron chi connectivity index (χ1n) is 4.64. The molecule has 0 spiro atoms. The number of nitrogens with one attached hydrogen (secondary N) is 1. The molecule has 14 heavy (non-hydrogen) atoms. The molecule has 6 heteroatoms. The van der Waals surface area contributed by atoms with Crippen molar-refractivity contribution in [2.75, 3.05) is 19.6 Å². The highest BCUT2D eigenvalue weighted by Gasteiger charge is 2.26. The summed E-state index contributed by atoms with van der Waals surface area (Å²) >= 11 is 0. The standard InChI is InChI=1S/C8H16N4O2/c9-8(14)6-1-3-12(5-6)4-2-7(13)11-10/h6H,1-5,10H2,(H2,9,14)(H,11,13). The van der Waals surface area contributed by atoms with Crippen molar-refractivity contribution < 1.29 is 9.59 Å². The predicted octanol–water partition coefficient (Wildman–Crippen LogP) is -1.83. The smallest absolute Gasteiger partial charge is 0.235 e. The van der Waals surface area contributed by atoms with E-state index in [2.05, 4.69) is 5.43 Å². The Kier molecular flexibility index (Phi) is 3.84. The van der Waals surface area contributed by atoms with Gasteiger partial charge >= 0.3 is 0 Å². The average Bonchev–Trinajstić information content (AvgIpc) is 2.62. The van der Waals surface area contributed by atoms with Gasteiger partial charge in [-0.15, -0.1) is 0 Å². The van der Waals surface area contributed by atoms with E-state index in [1.54, 1.807) is 0 Å². The number of nitrogens with two attached hydrogens (primary N) is 2. The summed E-state index contributed by atoms with van der Waals surface area (Å²) in [5.41, 5.74) is 7.24. The molecule has 1 atom stereocenters. The van der Waals surface area contributed by atoms with Crippen molar-refractivity contribution >= 4 is 11.8 Å². The van der Waals surface area contributed by atoms with Crippen LogP contribution in [0.1, 0.15) is 12.8 Å². The highest BCUT2D eigenvalue weighted by atomic mass is 16.2. The Morgan fingerprint density at radius 2 is 2.21 bits per heavy atom. The van der Waals surface area contributed by atoms with Crippen LogP contribution < -0.4 is 17.0 Å². The summed E-state index contributed by atoms with van der Waals surface area (Å²) in [5.74, 6) is 4.44. The normalized spacial score (nSPS) is 22.2. The van der Waals surface area contributed by atoms with Crippen LogP contribution in [0.15, 0.2) is 0 Å². The quantitative estimate of drug-likeness (QED) is 0.282. The van der Waals surface area contributed by atoms with Crippen LogP contribution in [0.4, 0.5) is 0 Å². The molecule has 1 unspecified atom stereocenters. The maximum Gasteiger partial charge on any atom is 0.235 e. The van der Waals surface area contributed by atoms with E-state index in [9.17, 15) is 9.59 Å². The monoisotopic (exact) mass is 200 g/mol. The molecule has 0 aromatic heterocycles. The predicted molar refractivity (Wildman–Crippen MR) is 50.7 cm³/mol. The van der Waals surface area contributed by atoms with Crippen LogP contribution in [0.25, 0.3) is 0 Å². The summed E-state index contributed by atoms with van der Waals surface area (Å²) in [6.07, 6.45) is 1.15. The van der Waals surface area contributed by atoms with Crippen molar-refractivity contribution in [2.24, 2.45) is 17.5 Å². The molecule has 2 amide bonds. The van der Waals surface area contributed by atoms with E-state index in [1.165, 1.54) is 0 Å². The molecule has 0 radical (unpaired) electrons. The Labute approximate surface area is 82.6 Å². The molecule has 1 aliphatic heterocycles. The van der Waals surface area contributed by atoms with Gasteiger partial charge in [-0.2, -0.15) is 0 Å². The van der Waals surface area contributed by atoms with Crippen LogP contribution in [0.3, 0.4) is 0 Å². The molecule has 1 fully saturated rings. The third kappa shape index (κ3) is 2.97. The Hall–Kier alpha value is -1.14. The fourth-order valence-electron chi connectivity index (χ4n) is 1.60. The van der Waals surface area contributed by atoms with Crippen LogP contribution in [0, 0.1) is 5.92 Å². The third-order valence-electron chi connectivity index (χ3n) is 2.49. The third-order valence-corrected chi connectivity index (χ3v) is 2.49. The number of primary amides is 1. The molecule has 5 N–H and O–H groups in total. The Morgan fingerprint density at radius 1 is 1.50 bits per heavy atom. The molecule has 1 rings (SSSR count). The summed E-state index contributed by atoms with van der Waals surface area (Å²) < 4.78 is 0. The fourth-order valence-corrected chi connectivity index (χ4v) is 1.60. The van der Waals surface area contributed by atoms with Crippen molar-refractivity contribution in [3.8, 4) is 0 Å². The van der Waals surface area contributed by atoms with E-state index < -0.39 is 0 Å². The second-order valence-corrected chi connectivity index (χ2v) is 3.51. The van der Waals surface area contributed by atoms with E-state index in [1.807, 2.05) is 4.90 Å². The van der Waals surface area contributed by atoms with Gasteiger partial charge in [0.2, 0.25) is 11.8 Å². The zero-order valence-electron chi connectivity index (χ0n) is 8.03. The number of carbonyl (C=O) groups excluding carboxylic acids is 2. The Bertz CT molecular complexity index is 231. The van der Waals surface area contributed by atoms with Crippen LogP contribution >= 0.6 is 0 Å². The SMILES string of the molecule is NNC(=O)CCN1CCC(C(N)=O)C1. The maximum atomic E-state index is 10.8. The molecular weight excluding hydrogens is 184 g/mol. The highest BCUT2D eigenvalue weighted by Crippen LogP contribution is 2.15. The number of likely N-dealkylation sites (tertiary alicyclic amines) is 1. The summed E-state index contributed by atoms with van der Waals surface area (Å²) in [5, 5.41) is 0. The average molecular weight is 200 g/mol. The molecule has 0 aromatic carbocycles. The highest BCUT2D eigenvalue weighted by molar-refractivity contribution is 5.77. The number of hydrazine groups is 1. The van der Waals surface area contributed by atoms with Crippen molar-refractivity contribution in [1.29, 1.82) is 0 Å². The minimum Gasteiger partial charge on any atom is -0.369 e. The Morgan fingerprint density at radius 3 is 2.71 bits per heavy atom. The van der Waals surface area contributed by atoms with E-state index in [-0.39, 0.29) is 17.7 Å². The van der Waals surface area contributed by atoms with Gasteiger partial charge in [-0.25, -0.2) is 5.84 Å². The number of carbonyl (C=O) groups is 2. The van der Waals surface area contributed by atoms with Crippen molar-refractivity contribution in [3.05, 3.63) is 0 Å².